The lowest BCUT2D eigenvalue weighted by molar-refractivity contribution is -0.166. The first-order valence-corrected chi connectivity index (χ1v) is 10.5. The van der Waals surface area contributed by atoms with Crippen LogP contribution in [0.5, 0.6) is 0 Å². The van der Waals surface area contributed by atoms with Gasteiger partial charge in [-0.25, -0.2) is 9.18 Å². The number of carbonyl (C=O) groups excluding carboxylic acids is 1. The summed E-state index contributed by atoms with van der Waals surface area (Å²) < 4.78 is 15.3. The Morgan fingerprint density at radius 1 is 1.32 bits per heavy atom. The van der Waals surface area contributed by atoms with Crippen LogP contribution in [0.2, 0.25) is 0 Å². The standard InChI is InChI=1S/C22H31FO5/c1-10-6-13-12-8-15(23)14-7-11(24)4-5-21(14,2)18(12)16(25)9-22(13,3)17(10)19(26)20(27)28/h7,10,12-13,15-19,25-26H,4-6,8-9H2,1-3H3,(H,27,28)/t10?,12-,13-,15?,16?,17+,18+,19?,21-,22-/m0/s1. The van der Waals surface area contributed by atoms with Gasteiger partial charge >= 0.3 is 5.97 Å². The zero-order valence-electron chi connectivity index (χ0n) is 16.8. The van der Waals surface area contributed by atoms with Crippen LogP contribution in [0.25, 0.3) is 0 Å². The number of aliphatic hydroxyl groups is 2. The molecule has 0 bridgehead atoms. The fourth-order valence-corrected chi connectivity index (χ4v) is 7.92. The summed E-state index contributed by atoms with van der Waals surface area (Å²) in [6, 6.07) is 0. The van der Waals surface area contributed by atoms with Crippen LogP contribution in [-0.4, -0.2) is 45.5 Å². The molecule has 0 heterocycles. The number of carboxylic acid groups (broad SMARTS) is 1. The highest BCUT2D eigenvalue weighted by atomic mass is 19.1. The van der Waals surface area contributed by atoms with Crippen LogP contribution in [0.4, 0.5) is 4.39 Å². The van der Waals surface area contributed by atoms with Crippen LogP contribution in [0, 0.1) is 40.4 Å². The van der Waals surface area contributed by atoms with Crippen LogP contribution in [0.15, 0.2) is 11.6 Å². The Hall–Kier alpha value is -1.27. The minimum absolute atomic E-state index is 0.0113. The number of rotatable bonds is 2. The number of halogens is 1. The third-order valence-corrected chi connectivity index (χ3v) is 8.90. The number of allylic oxidation sites excluding steroid dienone is 1. The summed E-state index contributed by atoms with van der Waals surface area (Å²) in [7, 11) is 0. The number of aliphatic hydroxyl groups excluding tert-OH is 2. The van der Waals surface area contributed by atoms with E-state index >= 15 is 4.39 Å². The molecule has 3 fully saturated rings. The Labute approximate surface area is 165 Å². The number of ketones is 1. The molecule has 3 N–H and O–H groups in total. The van der Waals surface area contributed by atoms with Crippen LogP contribution in [-0.2, 0) is 9.59 Å². The molecule has 0 aromatic rings. The van der Waals surface area contributed by atoms with Crippen molar-refractivity contribution >= 4 is 11.8 Å². The first-order chi connectivity index (χ1) is 13.0. The zero-order chi connectivity index (χ0) is 20.6. The largest absolute Gasteiger partial charge is 0.479 e. The highest BCUT2D eigenvalue weighted by Gasteiger charge is 2.66. The van der Waals surface area contributed by atoms with E-state index in [1.54, 1.807) is 0 Å². The molecule has 6 heteroatoms. The van der Waals surface area contributed by atoms with Crippen LogP contribution >= 0.6 is 0 Å². The molecule has 0 amide bonds. The van der Waals surface area contributed by atoms with Crippen molar-refractivity contribution in [2.24, 2.45) is 40.4 Å². The van der Waals surface area contributed by atoms with Gasteiger partial charge in [-0.3, -0.25) is 4.79 Å². The van der Waals surface area contributed by atoms with Gasteiger partial charge in [0, 0.05) is 12.3 Å². The van der Waals surface area contributed by atoms with Gasteiger partial charge in [0.05, 0.1) is 6.10 Å². The summed E-state index contributed by atoms with van der Waals surface area (Å²) in [4.78, 5) is 23.4. The fourth-order valence-electron chi connectivity index (χ4n) is 7.92. The maximum Gasteiger partial charge on any atom is 0.332 e. The Balaban J connectivity index is 1.75. The average molecular weight is 394 g/mol. The molecule has 3 saturated carbocycles. The maximum atomic E-state index is 15.3. The van der Waals surface area contributed by atoms with Gasteiger partial charge < -0.3 is 15.3 Å². The van der Waals surface area contributed by atoms with Crippen LogP contribution < -0.4 is 0 Å². The predicted molar refractivity (Wildman–Crippen MR) is 100 cm³/mol. The highest BCUT2D eigenvalue weighted by molar-refractivity contribution is 5.91. The molecule has 0 spiro atoms. The summed E-state index contributed by atoms with van der Waals surface area (Å²) >= 11 is 0. The normalized spacial score (nSPS) is 51.6. The van der Waals surface area contributed by atoms with Gasteiger partial charge in [-0.05, 0) is 71.8 Å². The molecule has 28 heavy (non-hydrogen) atoms. The Morgan fingerprint density at radius 3 is 2.64 bits per heavy atom. The maximum absolute atomic E-state index is 15.3. The van der Waals surface area contributed by atoms with E-state index in [1.165, 1.54) is 6.08 Å². The van der Waals surface area contributed by atoms with Crippen molar-refractivity contribution in [3.8, 4) is 0 Å². The number of carboxylic acids is 1. The molecule has 4 aliphatic rings. The van der Waals surface area contributed by atoms with Crippen molar-refractivity contribution in [3.63, 3.8) is 0 Å². The second kappa shape index (κ2) is 6.36. The van der Waals surface area contributed by atoms with E-state index in [0.717, 1.165) is 6.42 Å². The average Bonchev–Trinajstić information content (AvgIpc) is 2.85. The van der Waals surface area contributed by atoms with Gasteiger partial charge in [-0.2, -0.15) is 0 Å². The monoisotopic (exact) mass is 394 g/mol. The van der Waals surface area contributed by atoms with Gasteiger partial charge in [0.2, 0.25) is 0 Å². The zero-order valence-corrected chi connectivity index (χ0v) is 16.8. The molecule has 0 aromatic carbocycles. The summed E-state index contributed by atoms with van der Waals surface area (Å²) in [5, 5.41) is 31.0. The Kier molecular flexibility index (Phi) is 4.55. The third-order valence-electron chi connectivity index (χ3n) is 8.90. The van der Waals surface area contributed by atoms with E-state index < -0.39 is 41.1 Å². The molecule has 0 radical (unpaired) electrons. The topological polar surface area (TPSA) is 94.8 Å². The van der Waals surface area contributed by atoms with Crippen molar-refractivity contribution < 1.29 is 29.3 Å². The van der Waals surface area contributed by atoms with Crippen LogP contribution in [0.3, 0.4) is 0 Å². The van der Waals surface area contributed by atoms with Gasteiger partial charge in [0.25, 0.3) is 0 Å². The molecule has 5 nitrogen and oxygen atoms in total. The van der Waals surface area contributed by atoms with E-state index in [9.17, 15) is 24.9 Å². The first kappa shape index (κ1) is 20.0. The van der Waals surface area contributed by atoms with Gasteiger partial charge in [0.15, 0.2) is 11.9 Å². The first-order valence-electron chi connectivity index (χ1n) is 10.5. The molecular formula is C22H31FO5. The van der Waals surface area contributed by atoms with Gasteiger partial charge in [0.1, 0.15) is 6.17 Å². The number of aliphatic carboxylic acids is 1. The molecular weight excluding hydrogens is 363 g/mol. The van der Waals surface area contributed by atoms with Crippen molar-refractivity contribution in [2.45, 2.75) is 71.3 Å². The van der Waals surface area contributed by atoms with E-state index in [4.69, 9.17) is 0 Å². The molecule has 0 aromatic heterocycles. The molecule has 0 saturated heterocycles. The smallest absolute Gasteiger partial charge is 0.332 e. The third kappa shape index (κ3) is 2.56. The lowest BCUT2D eigenvalue weighted by Gasteiger charge is -2.60. The molecule has 4 unspecified atom stereocenters. The lowest BCUT2D eigenvalue weighted by Crippen LogP contribution is -2.59. The Bertz CT molecular complexity index is 734. The Morgan fingerprint density at radius 2 is 2.00 bits per heavy atom. The summed E-state index contributed by atoms with van der Waals surface area (Å²) in [5.74, 6) is -1.89. The second-order valence-corrected chi connectivity index (χ2v) is 10.3. The van der Waals surface area contributed by atoms with Gasteiger partial charge in [-0.1, -0.05) is 20.8 Å². The summed E-state index contributed by atoms with van der Waals surface area (Å²) in [5.41, 5.74) is -0.538. The van der Waals surface area contributed by atoms with E-state index in [2.05, 4.69) is 0 Å². The lowest BCUT2D eigenvalue weighted by atomic mass is 9.45. The molecule has 156 valence electrons. The van der Waals surface area contributed by atoms with E-state index in [0.29, 0.717) is 24.8 Å². The quantitative estimate of drug-likeness (QED) is 0.669. The molecule has 0 aliphatic heterocycles. The number of fused-ring (bicyclic) bond motifs is 5. The van der Waals surface area contributed by atoms with Crippen molar-refractivity contribution in [1.29, 1.82) is 0 Å². The molecule has 10 atom stereocenters. The summed E-state index contributed by atoms with van der Waals surface area (Å²) in [6.07, 6.45) is 0.428. The van der Waals surface area contributed by atoms with Crippen molar-refractivity contribution in [2.75, 3.05) is 0 Å². The highest BCUT2D eigenvalue weighted by Crippen LogP contribution is 2.68. The van der Waals surface area contributed by atoms with Crippen LogP contribution in [0.1, 0.15) is 52.9 Å². The number of hydrogen-bond donors (Lipinski definition) is 3. The van der Waals surface area contributed by atoms with Gasteiger partial charge in [-0.15, -0.1) is 0 Å². The molecule has 4 rings (SSSR count). The predicted octanol–water partition coefficient (Wildman–Crippen LogP) is 2.74. The fraction of sp³-hybridized carbons (Fsp3) is 0.818. The number of carbonyl (C=O) groups is 2. The number of hydrogen-bond acceptors (Lipinski definition) is 4. The van der Waals surface area contributed by atoms with Crippen molar-refractivity contribution in [3.05, 3.63) is 11.6 Å². The second-order valence-electron chi connectivity index (χ2n) is 10.3. The summed E-state index contributed by atoms with van der Waals surface area (Å²) in [6.45, 7) is 5.93. The minimum atomic E-state index is -1.48. The number of alkyl halides is 1. The van der Waals surface area contributed by atoms with E-state index in [-0.39, 0.29) is 35.9 Å². The molecule has 4 aliphatic carbocycles. The SMILES string of the molecule is CC1C[C@H]2[C@@H]3CC(F)C4=CC(=O)CC[C@]4(C)[C@H]3C(O)C[C@]2(C)[C@H]1C(O)C(=O)O. The van der Waals surface area contributed by atoms with Crippen molar-refractivity contribution in [1.82, 2.24) is 0 Å². The minimum Gasteiger partial charge on any atom is -0.479 e. The van der Waals surface area contributed by atoms with E-state index in [1.807, 2.05) is 20.8 Å².